The molecular weight excluding hydrogens is 236 g/mol. The third-order valence-corrected chi connectivity index (χ3v) is 4.15. The number of aromatic nitrogens is 2. The molecule has 5 heteroatoms. The van der Waals surface area contributed by atoms with Crippen molar-refractivity contribution in [3.05, 3.63) is 28.9 Å². The van der Waals surface area contributed by atoms with Crippen LogP contribution in [0.1, 0.15) is 23.7 Å². The number of imidazole rings is 1. The van der Waals surface area contributed by atoms with Crippen LogP contribution in [0, 0.1) is 0 Å². The Labute approximate surface area is 103 Å². The van der Waals surface area contributed by atoms with Gasteiger partial charge in [0.1, 0.15) is 11.7 Å². The maximum Gasteiger partial charge on any atom is 0.312 e. The van der Waals surface area contributed by atoms with Crippen LogP contribution >= 0.6 is 11.3 Å². The maximum absolute atomic E-state index is 11.1. The number of thiophene rings is 1. The summed E-state index contributed by atoms with van der Waals surface area (Å²) in [6, 6.07) is 3.99. The molecule has 4 nitrogen and oxygen atoms in total. The minimum Gasteiger partial charge on any atom is -0.481 e. The molecule has 0 saturated carbocycles. The van der Waals surface area contributed by atoms with Gasteiger partial charge in [-0.2, -0.15) is 0 Å². The molecule has 1 N–H and O–H groups in total. The Bertz CT molecular complexity index is 572. The van der Waals surface area contributed by atoms with Crippen molar-refractivity contribution in [3.8, 4) is 10.7 Å². The first-order valence-corrected chi connectivity index (χ1v) is 6.38. The highest BCUT2D eigenvalue weighted by Gasteiger charge is 2.33. The van der Waals surface area contributed by atoms with Gasteiger partial charge in [0.15, 0.2) is 0 Å². The Hall–Kier alpha value is -1.62. The molecule has 1 atom stereocenters. The third-order valence-electron chi connectivity index (χ3n) is 3.28. The maximum atomic E-state index is 11.1. The second-order valence-corrected chi connectivity index (χ2v) is 5.18. The molecule has 1 aliphatic rings. The lowest BCUT2D eigenvalue weighted by Gasteiger charge is -2.02. The molecule has 0 aromatic carbocycles. The van der Waals surface area contributed by atoms with E-state index in [1.165, 1.54) is 0 Å². The largest absolute Gasteiger partial charge is 0.481 e. The average Bonchev–Trinajstić information content (AvgIpc) is 2.95. The van der Waals surface area contributed by atoms with Gasteiger partial charge >= 0.3 is 5.97 Å². The summed E-state index contributed by atoms with van der Waals surface area (Å²) in [5.74, 6) is -0.305. The van der Waals surface area contributed by atoms with E-state index in [1.54, 1.807) is 11.3 Å². The molecule has 2 aromatic rings. The number of hydrogen-bond acceptors (Lipinski definition) is 3. The predicted octanol–water partition coefficient (Wildman–Crippen LogP) is 2.26. The van der Waals surface area contributed by atoms with Crippen LogP contribution in [0.2, 0.25) is 0 Å². The van der Waals surface area contributed by atoms with Gasteiger partial charge in [0, 0.05) is 12.7 Å². The van der Waals surface area contributed by atoms with Gasteiger partial charge in [0.05, 0.1) is 10.6 Å². The Morgan fingerprint density at radius 3 is 3.12 bits per heavy atom. The minimum absolute atomic E-state index is 0.426. The highest BCUT2D eigenvalue weighted by molar-refractivity contribution is 7.13. The first-order chi connectivity index (χ1) is 8.18. The molecule has 1 unspecified atom stereocenters. The fourth-order valence-electron chi connectivity index (χ4n) is 2.41. The van der Waals surface area contributed by atoms with Crippen LogP contribution in [0.4, 0.5) is 0 Å². The quantitative estimate of drug-likeness (QED) is 0.887. The molecular formula is C12H12N2O2S. The molecule has 0 amide bonds. The van der Waals surface area contributed by atoms with E-state index in [9.17, 15) is 4.79 Å². The highest BCUT2D eigenvalue weighted by atomic mass is 32.1. The fourth-order valence-corrected chi connectivity index (χ4v) is 3.16. The van der Waals surface area contributed by atoms with E-state index in [2.05, 4.69) is 4.98 Å². The molecule has 1 aliphatic carbocycles. The molecule has 3 rings (SSSR count). The molecule has 0 fully saturated rings. The van der Waals surface area contributed by atoms with Crippen molar-refractivity contribution in [2.45, 2.75) is 18.8 Å². The van der Waals surface area contributed by atoms with Crippen molar-refractivity contribution in [2.75, 3.05) is 0 Å². The van der Waals surface area contributed by atoms with Crippen molar-refractivity contribution in [1.82, 2.24) is 9.55 Å². The first-order valence-electron chi connectivity index (χ1n) is 5.50. The van der Waals surface area contributed by atoms with E-state index in [1.807, 2.05) is 29.1 Å². The normalized spacial score (nSPS) is 18.3. The van der Waals surface area contributed by atoms with Crippen LogP contribution in [0.25, 0.3) is 10.7 Å². The van der Waals surface area contributed by atoms with Gasteiger partial charge in [0.2, 0.25) is 0 Å². The molecule has 17 heavy (non-hydrogen) atoms. The number of rotatable bonds is 2. The monoisotopic (exact) mass is 248 g/mol. The Morgan fingerprint density at radius 2 is 2.47 bits per heavy atom. The van der Waals surface area contributed by atoms with Crippen molar-refractivity contribution < 1.29 is 9.90 Å². The first kappa shape index (κ1) is 10.5. The summed E-state index contributed by atoms with van der Waals surface area (Å²) >= 11 is 1.63. The minimum atomic E-state index is -0.764. The summed E-state index contributed by atoms with van der Waals surface area (Å²) in [6.45, 7) is 0. The molecule has 0 bridgehead atoms. The lowest BCUT2D eigenvalue weighted by molar-refractivity contribution is -0.138. The van der Waals surface area contributed by atoms with Crippen LogP contribution in [-0.2, 0) is 18.3 Å². The number of hydrogen-bond donors (Lipinski definition) is 1. The number of aliphatic carboxylic acids is 1. The van der Waals surface area contributed by atoms with Crippen molar-refractivity contribution in [1.29, 1.82) is 0 Å². The molecule has 0 radical (unpaired) electrons. The van der Waals surface area contributed by atoms with Crippen LogP contribution in [-0.4, -0.2) is 20.6 Å². The molecule has 0 saturated heterocycles. The van der Waals surface area contributed by atoms with Crippen molar-refractivity contribution >= 4 is 17.3 Å². The van der Waals surface area contributed by atoms with E-state index in [0.29, 0.717) is 6.42 Å². The standard InChI is InChI=1S/C12H12N2O2S/c1-14-8-5-4-7(12(15)16)10(8)13-11(14)9-3-2-6-17-9/h2-3,6-7H,4-5H2,1H3,(H,15,16). The lowest BCUT2D eigenvalue weighted by Crippen LogP contribution is -2.08. The van der Waals surface area contributed by atoms with Gasteiger partial charge in [-0.1, -0.05) is 6.07 Å². The Kier molecular flexibility index (Phi) is 2.29. The molecule has 0 spiro atoms. The summed E-state index contributed by atoms with van der Waals surface area (Å²) in [7, 11) is 1.96. The van der Waals surface area contributed by atoms with Crippen molar-refractivity contribution in [2.24, 2.45) is 7.05 Å². The fraction of sp³-hybridized carbons (Fsp3) is 0.333. The van der Waals surface area contributed by atoms with Crippen LogP contribution in [0.15, 0.2) is 17.5 Å². The van der Waals surface area contributed by atoms with Gasteiger partial charge in [-0.05, 0) is 24.3 Å². The zero-order chi connectivity index (χ0) is 12.0. The smallest absolute Gasteiger partial charge is 0.312 e. The molecule has 2 heterocycles. The Balaban J connectivity index is 2.11. The van der Waals surface area contributed by atoms with Gasteiger partial charge in [-0.25, -0.2) is 4.98 Å². The zero-order valence-corrected chi connectivity index (χ0v) is 10.2. The van der Waals surface area contributed by atoms with Gasteiger partial charge in [-0.15, -0.1) is 11.3 Å². The third kappa shape index (κ3) is 1.50. The number of carboxylic acids is 1. The lowest BCUT2D eigenvalue weighted by atomic mass is 10.1. The number of carbonyl (C=O) groups is 1. The number of nitrogens with zero attached hydrogens (tertiary/aromatic N) is 2. The second kappa shape index (κ2) is 3.70. The molecule has 0 aliphatic heterocycles. The summed E-state index contributed by atoms with van der Waals surface area (Å²) in [4.78, 5) is 16.7. The Morgan fingerprint density at radius 1 is 1.65 bits per heavy atom. The average molecular weight is 248 g/mol. The summed E-state index contributed by atoms with van der Waals surface area (Å²) in [5, 5.41) is 11.1. The van der Waals surface area contributed by atoms with Crippen LogP contribution in [0.5, 0.6) is 0 Å². The topological polar surface area (TPSA) is 55.1 Å². The summed E-state index contributed by atoms with van der Waals surface area (Å²) in [5.41, 5.74) is 1.82. The number of carboxylic acid groups (broad SMARTS) is 1. The van der Waals surface area contributed by atoms with Gasteiger partial charge in [0.25, 0.3) is 0 Å². The molecule has 2 aromatic heterocycles. The van der Waals surface area contributed by atoms with E-state index in [0.717, 1.165) is 28.5 Å². The van der Waals surface area contributed by atoms with Crippen molar-refractivity contribution in [3.63, 3.8) is 0 Å². The summed E-state index contributed by atoms with van der Waals surface area (Å²) < 4.78 is 2.03. The highest BCUT2D eigenvalue weighted by Crippen LogP contribution is 2.36. The predicted molar refractivity (Wildman–Crippen MR) is 65.2 cm³/mol. The second-order valence-electron chi connectivity index (χ2n) is 4.23. The molecule has 88 valence electrons. The SMILES string of the molecule is Cn1c(-c2cccs2)nc2c1CCC2C(=O)O. The number of fused-ring (bicyclic) bond motifs is 1. The van der Waals surface area contributed by atoms with Gasteiger partial charge < -0.3 is 9.67 Å². The van der Waals surface area contributed by atoms with E-state index in [-0.39, 0.29) is 0 Å². The van der Waals surface area contributed by atoms with E-state index < -0.39 is 11.9 Å². The zero-order valence-electron chi connectivity index (χ0n) is 9.38. The summed E-state index contributed by atoms with van der Waals surface area (Å²) in [6.07, 6.45) is 1.48. The van der Waals surface area contributed by atoms with Crippen LogP contribution in [0.3, 0.4) is 0 Å². The van der Waals surface area contributed by atoms with E-state index >= 15 is 0 Å². The van der Waals surface area contributed by atoms with Crippen LogP contribution < -0.4 is 0 Å². The van der Waals surface area contributed by atoms with Gasteiger partial charge in [-0.3, -0.25) is 4.79 Å². The van der Waals surface area contributed by atoms with E-state index in [4.69, 9.17) is 5.11 Å².